The summed E-state index contributed by atoms with van der Waals surface area (Å²) in [6, 6.07) is 0. The molecule has 0 unspecified atom stereocenters. The van der Waals surface area contributed by atoms with Crippen LogP contribution in [0.5, 0.6) is 0 Å². The molecule has 4 atom stereocenters. The molecule has 3 heterocycles. The summed E-state index contributed by atoms with van der Waals surface area (Å²) in [6.45, 7) is 4.02. The highest BCUT2D eigenvalue weighted by Gasteiger charge is 2.71. The maximum absolute atomic E-state index is 9.04. The van der Waals surface area contributed by atoms with E-state index in [0.717, 1.165) is 0 Å². The Morgan fingerprint density at radius 2 is 2.21 bits per heavy atom. The van der Waals surface area contributed by atoms with Gasteiger partial charge in [0.1, 0.15) is 24.9 Å². The maximum Gasteiger partial charge on any atom is 0.224 e. The molecule has 0 bridgehead atoms. The molecule has 5 nitrogen and oxygen atoms in total. The van der Waals surface area contributed by atoms with Gasteiger partial charge in [-0.2, -0.15) is 0 Å². The van der Waals surface area contributed by atoms with E-state index in [0.29, 0.717) is 6.61 Å². The first-order valence-corrected chi connectivity index (χ1v) is 4.85. The van der Waals surface area contributed by atoms with Crippen molar-refractivity contribution in [1.82, 2.24) is 0 Å². The zero-order chi connectivity index (χ0) is 9.97. The Bertz CT molecular complexity index is 266. The molecule has 3 aliphatic heterocycles. The van der Waals surface area contributed by atoms with Crippen molar-refractivity contribution in [3.05, 3.63) is 0 Å². The molecule has 0 amide bonds. The second-order valence-electron chi connectivity index (χ2n) is 4.46. The Kier molecular flexibility index (Phi) is 1.61. The highest BCUT2D eigenvalue weighted by Crippen LogP contribution is 2.51. The first-order chi connectivity index (χ1) is 6.56. The predicted molar refractivity (Wildman–Crippen MR) is 44.5 cm³/mol. The second kappa shape index (κ2) is 2.48. The number of hydrogen-bond donors (Lipinski definition) is 1. The summed E-state index contributed by atoms with van der Waals surface area (Å²) < 4.78 is 22.2. The lowest BCUT2D eigenvalue weighted by molar-refractivity contribution is -0.272. The number of epoxide rings is 1. The summed E-state index contributed by atoms with van der Waals surface area (Å²) in [5, 5.41) is 9.04. The van der Waals surface area contributed by atoms with E-state index in [-0.39, 0.29) is 24.9 Å². The van der Waals surface area contributed by atoms with E-state index in [1.54, 1.807) is 0 Å². The van der Waals surface area contributed by atoms with Gasteiger partial charge in [-0.1, -0.05) is 0 Å². The van der Waals surface area contributed by atoms with Gasteiger partial charge in [0, 0.05) is 0 Å². The molecule has 1 N–H and O–H groups in total. The molecule has 5 heteroatoms. The summed E-state index contributed by atoms with van der Waals surface area (Å²) in [6.07, 6.45) is -0.351. The van der Waals surface area contributed by atoms with Crippen molar-refractivity contribution in [3.8, 4) is 0 Å². The van der Waals surface area contributed by atoms with Gasteiger partial charge in [-0.05, 0) is 13.8 Å². The van der Waals surface area contributed by atoms with Crippen molar-refractivity contribution in [3.63, 3.8) is 0 Å². The SMILES string of the molecule is CC1(C)OC[C@@]2(O[C@@H](CO)[C@H]3O[C@H]32)O1. The van der Waals surface area contributed by atoms with Gasteiger partial charge in [-0.3, -0.25) is 0 Å². The van der Waals surface area contributed by atoms with Crippen LogP contribution in [-0.2, 0) is 18.9 Å². The van der Waals surface area contributed by atoms with Crippen molar-refractivity contribution in [2.75, 3.05) is 13.2 Å². The van der Waals surface area contributed by atoms with Gasteiger partial charge in [0.05, 0.1) is 6.61 Å². The van der Waals surface area contributed by atoms with Crippen LogP contribution in [0.1, 0.15) is 13.8 Å². The Morgan fingerprint density at radius 1 is 1.43 bits per heavy atom. The molecular formula is C9H14O5. The van der Waals surface area contributed by atoms with Crippen LogP contribution in [0, 0.1) is 0 Å². The van der Waals surface area contributed by atoms with Crippen molar-refractivity contribution in [1.29, 1.82) is 0 Å². The quantitative estimate of drug-likeness (QED) is 0.587. The van der Waals surface area contributed by atoms with Gasteiger partial charge >= 0.3 is 0 Å². The van der Waals surface area contributed by atoms with E-state index in [2.05, 4.69) is 0 Å². The fraction of sp³-hybridized carbons (Fsp3) is 1.00. The first kappa shape index (κ1) is 9.06. The smallest absolute Gasteiger partial charge is 0.224 e. The first-order valence-electron chi connectivity index (χ1n) is 4.85. The minimum atomic E-state index is -0.776. The summed E-state index contributed by atoms with van der Waals surface area (Å²) in [5.74, 6) is -1.40. The van der Waals surface area contributed by atoms with Crippen LogP contribution in [0.2, 0.25) is 0 Å². The molecule has 0 aromatic carbocycles. The molecule has 3 fully saturated rings. The molecule has 80 valence electrons. The Labute approximate surface area is 81.9 Å². The molecule has 3 rings (SSSR count). The van der Waals surface area contributed by atoms with E-state index >= 15 is 0 Å². The number of rotatable bonds is 1. The van der Waals surface area contributed by atoms with Crippen LogP contribution in [0.4, 0.5) is 0 Å². The van der Waals surface area contributed by atoms with Crippen molar-refractivity contribution < 1.29 is 24.1 Å². The standard InChI is InChI=1S/C9H14O5/c1-8(2)11-4-9(14-8)7-6(12-7)5(3-10)13-9/h5-7,10H,3-4H2,1-2H3/t5-,6+,7+,9+/m0/s1. The number of aliphatic hydroxyl groups excluding tert-OH is 1. The van der Waals surface area contributed by atoms with Crippen LogP contribution in [0.3, 0.4) is 0 Å². The largest absolute Gasteiger partial charge is 0.394 e. The highest BCUT2D eigenvalue weighted by molar-refractivity contribution is 5.10. The normalized spacial score (nSPS) is 53.8. The van der Waals surface area contributed by atoms with E-state index in [9.17, 15) is 0 Å². The number of fused-ring (bicyclic) bond motifs is 2. The minimum Gasteiger partial charge on any atom is -0.394 e. The molecule has 14 heavy (non-hydrogen) atoms. The average molecular weight is 202 g/mol. The molecule has 0 aromatic rings. The molecule has 0 aliphatic carbocycles. The number of aliphatic hydroxyl groups is 1. The molecule has 3 saturated heterocycles. The van der Waals surface area contributed by atoms with Gasteiger partial charge in [0.25, 0.3) is 0 Å². The topological polar surface area (TPSA) is 60.5 Å². The monoisotopic (exact) mass is 202 g/mol. The summed E-state index contributed by atoms with van der Waals surface area (Å²) in [5.41, 5.74) is 0. The summed E-state index contributed by atoms with van der Waals surface area (Å²) in [7, 11) is 0. The summed E-state index contributed by atoms with van der Waals surface area (Å²) >= 11 is 0. The predicted octanol–water partition coefficient (Wildman–Crippen LogP) is -0.376. The van der Waals surface area contributed by atoms with E-state index in [1.807, 2.05) is 13.8 Å². The fourth-order valence-corrected chi connectivity index (χ4v) is 2.24. The second-order valence-corrected chi connectivity index (χ2v) is 4.46. The molecule has 3 aliphatic rings. The molecule has 0 radical (unpaired) electrons. The third-order valence-corrected chi connectivity index (χ3v) is 2.90. The zero-order valence-corrected chi connectivity index (χ0v) is 8.23. The third kappa shape index (κ3) is 1.07. The van der Waals surface area contributed by atoms with E-state index in [1.165, 1.54) is 0 Å². The molecular weight excluding hydrogens is 188 g/mol. The van der Waals surface area contributed by atoms with Crippen molar-refractivity contribution in [2.45, 2.75) is 43.7 Å². The third-order valence-electron chi connectivity index (χ3n) is 2.90. The number of hydrogen-bond acceptors (Lipinski definition) is 5. The highest BCUT2D eigenvalue weighted by atomic mass is 16.9. The Balaban J connectivity index is 1.81. The maximum atomic E-state index is 9.04. The molecule has 0 saturated carbocycles. The number of ether oxygens (including phenoxy) is 4. The van der Waals surface area contributed by atoms with Crippen molar-refractivity contribution >= 4 is 0 Å². The Morgan fingerprint density at radius 3 is 2.71 bits per heavy atom. The Hall–Kier alpha value is -0.200. The van der Waals surface area contributed by atoms with Crippen LogP contribution >= 0.6 is 0 Å². The average Bonchev–Trinajstić information content (AvgIpc) is 2.79. The zero-order valence-electron chi connectivity index (χ0n) is 8.23. The molecule has 1 spiro atoms. The lowest BCUT2D eigenvalue weighted by Crippen LogP contribution is -2.41. The van der Waals surface area contributed by atoms with Crippen LogP contribution in [-0.4, -0.2) is 48.2 Å². The van der Waals surface area contributed by atoms with Gasteiger partial charge in [0.15, 0.2) is 5.79 Å². The lowest BCUT2D eigenvalue weighted by atomic mass is 10.2. The minimum absolute atomic E-state index is 0.0162. The van der Waals surface area contributed by atoms with Gasteiger partial charge in [-0.25, -0.2) is 0 Å². The van der Waals surface area contributed by atoms with Gasteiger partial charge in [0.2, 0.25) is 5.79 Å². The molecule has 0 aromatic heterocycles. The summed E-state index contributed by atoms with van der Waals surface area (Å²) in [4.78, 5) is 0. The van der Waals surface area contributed by atoms with E-state index in [4.69, 9.17) is 24.1 Å². The fourth-order valence-electron chi connectivity index (χ4n) is 2.24. The van der Waals surface area contributed by atoms with Crippen LogP contribution in [0.15, 0.2) is 0 Å². The lowest BCUT2D eigenvalue weighted by Gasteiger charge is -2.26. The van der Waals surface area contributed by atoms with Gasteiger partial charge in [-0.15, -0.1) is 0 Å². The van der Waals surface area contributed by atoms with Crippen LogP contribution < -0.4 is 0 Å². The van der Waals surface area contributed by atoms with Crippen LogP contribution in [0.25, 0.3) is 0 Å². The van der Waals surface area contributed by atoms with E-state index < -0.39 is 11.6 Å². The van der Waals surface area contributed by atoms with Crippen molar-refractivity contribution in [2.24, 2.45) is 0 Å². The van der Waals surface area contributed by atoms with Gasteiger partial charge < -0.3 is 24.1 Å².